The molecule has 0 radical (unpaired) electrons. The highest BCUT2D eigenvalue weighted by Crippen LogP contribution is 2.35. The summed E-state index contributed by atoms with van der Waals surface area (Å²) in [6.07, 6.45) is 3.05. The predicted octanol–water partition coefficient (Wildman–Crippen LogP) is 3.24. The first kappa shape index (κ1) is 14.7. The molecule has 2 saturated heterocycles. The van der Waals surface area contributed by atoms with Crippen LogP contribution in [0.15, 0.2) is 12.1 Å². The minimum Gasteiger partial charge on any atom is -0.381 e. The smallest absolute Gasteiger partial charge is 0.161 e. The maximum atomic E-state index is 13.7. The van der Waals surface area contributed by atoms with E-state index in [0.29, 0.717) is 32.3 Å². The third-order valence-corrected chi connectivity index (χ3v) is 4.27. The van der Waals surface area contributed by atoms with Gasteiger partial charge in [0, 0.05) is 38.0 Å². The number of rotatable bonds is 2. The number of halogens is 3. The first-order valence-electron chi connectivity index (χ1n) is 7.21. The Morgan fingerprint density at radius 2 is 1.71 bits per heavy atom. The highest BCUT2D eigenvalue weighted by molar-refractivity contribution is 5.46. The molecule has 3 rings (SSSR count). The summed E-state index contributed by atoms with van der Waals surface area (Å²) in [6, 6.07) is 1.43. The molecule has 1 N–H and O–H groups in total. The van der Waals surface area contributed by atoms with Crippen molar-refractivity contribution in [2.45, 2.75) is 37.3 Å². The van der Waals surface area contributed by atoms with E-state index < -0.39 is 17.5 Å². The van der Waals surface area contributed by atoms with Crippen molar-refractivity contribution in [3.63, 3.8) is 0 Å². The molecule has 0 bridgehead atoms. The number of benzene rings is 1. The Hall–Kier alpha value is -1.27. The lowest BCUT2D eigenvalue weighted by Crippen LogP contribution is -2.47. The van der Waals surface area contributed by atoms with Gasteiger partial charge in [0.1, 0.15) is 5.82 Å². The maximum absolute atomic E-state index is 13.7. The molecule has 0 saturated carbocycles. The van der Waals surface area contributed by atoms with Gasteiger partial charge in [0.05, 0.1) is 11.3 Å². The van der Waals surface area contributed by atoms with Crippen LogP contribution in [-0.4, -0.2) is 31.5 Å². The van der Waals surface area contributed by atoms with E-state index in [0.717, 1.165) is 25.3 Å². The molecule has 2 aliphatic rings. The topological polar surface area (TPSA) is 30.5 Å². The maximum Gasteiger partial charge on any atom is 0.161 e. The number of anilines is 1. The molecule has 1 unspecified atom stereocenters. The van der Waals surface area contributed by atoms with Crippen LogP contribution in [0.25, 0.3) is 0 Å². The summed E-state index contributed by atoms with van der Waals surface area (Å²) < 4.78 is 51.1. The second kappa shape index (κ2) is 5.85. The Labute approximate surface area is 121 Å². The summed E-state index contributed by atoms with van der Waals surface area (Å²) in [5.41, 5.74) is -0.230. The molecule has 0 aromatic heterocycles. The van der Waals surface area contributed by atoms with E-state index in [1.165, 1.54) is 0 Å². The van der Waals surface area contributed by atoms with Gasteiger partial charge in [0.2, 0.25) is 0 Å². The van der Waals surface area contributed by atoms with Crippen LogP contribution in [-0.2, 0) is 9.47 Å². The van der Waals surface area contributed by atoms with Crippen LogP contribution < -0.4 is 5.32 Å². The molecule has 21 heavy (non-hydrogen) atoms. The lowest BCUT2D eigenvalue weighted by Gasteiger charge is -2.43. The van der Waals surface area contributed by atoms with Crippen LogP contribution in [0, 0.1) is 17.5 Å². The molecule has 3 nitrogen and oxygen atoms in total. The van der Waals surface area contributed by atoms with Crippen molar-refractivity contribution < 1.29 is 22.6 Å². The van der Waals surface area contributed by atoms with Gasteiger partial charge in [-0.15, -0.1) is 0 Å². The Kier molecular flexibility index (Phi) is 4.08. The molecule has 0 amide bonds. The summed E-state index contributed by atoms with van der Waals surface area (Å²) in [6.45, 7) is 1.89. The molecule has 6 heteroatoms. The molecular weight excluding hydrogens is 283 g/mol. The van der Waals surface area contributed by atoms with Gasteiger partial charge in [-0.25, -0.2) is 13.2 Å². The highest BCUT2D eigenvalue weighted by Gasteiger charge is 2.39. The van der Waals surface area contributed by atoms with Gasteiger partial charge in [-0.05, 0) is 25.7 Å². The first-order chi connectivity index (χ1) is 10.1. The molecule has 1 spiro atoms. The fourth-order valence-corrected chi connectivity index (χ4v) is 3.10. The molecule has 1 atom stereocenters. The van der Waals surface area contributed by atoms with E-state index in [4.69, 9.17) is 9.47 Å². The van der Waals surface area contributed by atoms with Crippen molar-refractivity contribution in [3.8, 4) is 0 Å². The zero-order chi connectivity index (χ0) is 14.9. The Morgan fingerprint density at radius 3 is 2.48 bits per heavy atom. The van der Waals surface area contributed by atoms with E-state index in [2.05, 4.69) is 5.32 Å². The van der Waals surface area contributed by atoms with Crippen molar-refractivity contribution in [2.24, 2.45) is 0 Å². The van der Waals surface area contributed by atoms with E-state index in [9.17, 15) is 13.2 Å². The summed E-state index contributed by atoms with van der Waals surface area (Å²) in [7, 11) is 0. The third kappa shape index (κ3) is 3.16. The zero-order valence-electron chi connectivity index (χ0n) is 11.6. The molecule has 2 aliphatic heterocycles. The van der Waals surface area contributed by atoms with Crippen molar-refractivity contribution in [3.05, 3.63) is 29.6 Å². The van der Waals surface area contributed by atoms with Crippen LogP contribution in [0.3, 0.4) is 0 Å². The van der Waals surface area contributed by atoms with E-state index in [-0.39, 0.29) is 17.3 Å². The molecule has 116 valence electrons. The lowest BCUT2D eigenvalue weighted by atomic mass is 9.84. The number of ether oxygens (including phenoxy) is 2. The van der Waals surface area contributed by atoms with Gasteiger partial charge in [-0.2, -0.15) is 0 Å². The van der Waals surface area contributed by atoms with Crippen LogP contribution in [0.2, 0.25) is 0 Å². The average Bonchev–Trinajstić information content (AvgIpc) is 2.46. The second-order valence-corrected chi connectivity index (χ2v) is 5.72. The highest BCUT2D eigenvalue weighted by atomic mass is 19.2. The summed E-state index contributed by atoms with van der Waals surface area (Å²) in [5.74, 6) is -3.00. The van der Waals surface area contributed by atoms with Crippen LogP contribution in [0.1, 0.15) is 25.7 Å². The van der Waals surface area contributed by atoms with Crippen LogP contribution >= 0.6 is 0 Å². The number of hydrogen-bond donors (Lipinski definition) is 1. The van der Waals surface area contributed by atoms with Gasteiger partial charge in [-0.3, -0.25) is 0 Å². The number of nitrogens with one attached hydrogen (secondary N) is 1. The fraction of sp³-hybridized carbons (Fsp3) is 0.600. The Morgan fingerprint density at radius 1 is 1.00 bits per heavy atom. The average molecular weight is 301 g/mol. The zero-order valence-corrected chi connectivity index (χ0v) is 11.6. The van der Waals surface area contributed by atoms with Crippen LogP contribution in [0.5, 0.6) is 0 Å². The van der Waals surface area contributed by atoms with Gasteiger partial charge in [0.25, 0.3) is 0 Å². The largest absolute Gasteiger partial charge is 0.381 e. The molecule has 0 aliphatic carbocycles. The van der Waals surface area contributed by atoms with Crippen molar-refractivity contribution in [1.82, 2.24) is 0 Å². The van der Waals surface area contributed by atoms with E-state index >= 15 is 0 Å². The normalized spacial score (nSPS) is 25.0. The Bertz CT molecular complexity index is 512. The van der Waals surface area contributed by atoms with Gasteiger partial charge < -0.3 is 14.8 Å². The third-order valence-electron chi connectivity index (χ3n) is 4.27. The minimum atomic E-state index is -1.18. The monoisotopic (exact) mass is 301 g/mol. The first-order valence-corrected chi connectivity index (χ1v) is 7.21. The molecule has 1 aromatic rings. The van der Waals surface area contributed by atoms with Gasteiger partial charge in [-0.1, -0.05) is 0 Å². The van der Waals surface area contributed by atoms with Crippen LogP contribution in [0.4, 0.5) is 18.9 Å². The standard InChI is InChI=1S/C15H18F3NO2/c16-11-7-13(18)14(8-12(11)17)19-10-1-4-21-15(9-10)2-5-20-6-3-15/h7-8,10,19H,1-6,9H2. The quantitative estimate of drug-likeness (QED) is 0.851. The van der Waals surface area contributed by atoms with Crippen molar-refractivity contribution >= 4 is 5.69 Å². The summed E-state index contributed by atoms with van der Waals surface area (Å²) in [4.78, 5) is 0. The summed E-state index contributed by atoms with van der Waals surface area (Å²) >= 11 is 0. The molecular formula is C15H18F3NO2. The lowest BCUT2D eigenvalue weighted by molar-refractivity contribution is -0.135. The predicted molar refractivity (Wildman–Crippen MR) is 71.7 cm³/mol. The van der Waals surface area contributed by atoms with Gasteiger partial charge >= 0.3 is 0 Å². The Balaban J connectivity index is 1.71. The molecule has 1 aromatic carbocycles. The van der Waals surface area contributed by atoms with Crippen molar-refractivity contribution in [1.29, 1.82) is 0 Å². The summed E-state index contributed by atoms with van der Waals surface area (Å²) in [5, 5.41) is 2.99. The molecule has 2 heterocycles. The SMILES string of the molecule is Fc1cc(F)c(NC2CCOC3(CCOCC3)C2)cc1F. The fourth-order valence-electron chi connectivity index (χ4n) is 3.10. The minimum absolute atomic E-state index is 0.00279. The van der Waals surface area contributed by atoms with Crippen molar-refractivity contribution in [2.75, 3.05) is 25.1 Å². The second-order valence-electron chi connectivity index (χ2n) is 5.72. The van der Waals surface area contributed by atoms with E-state index in [1.54, 1.807) is 0 Å². The number of hydrogen-bond acceptors (Lipinski definition) is 3. The van der Waals surface area contributed by atoms with Gasteiger partial charge in [0.15, 0.2) is 11.6 Å². The molecule has 2 fully saturated rings. The van der Waals surface area contributed by atoms with E-state index in [1.807, 2.05) is 0 Å².